The van der Waals surface area contributed by atoms with Crippen molar-refractivity contribution in [2.24, 2.45) is 0 Å². The van der Waals surface area contributed by atoms with E-state index in [-0.39, 0.29) is 36.1 Å². The van der Waals surface area contributed by atoms with Crippen LogP contribution < -0.4 is 38.5 Å². The third kappa shape index (κ3) is 20.9. The first-order valence-electron chi connectivity index (χ1n) is 38.9. The van der Waals surface area contributed by atoms with Crippen LogP contribution in [-0.4, -0.2) is 140 Å². The second-order valence-electron chi connectivity index (χ2n) is 27.9. The number of nitrogens with zero attached hydrogens (tertiary/aromatic N) is 4. The number of benzene rings is 8. The highest BCUT2D eigenvalue weighted by atomic mass is 32.2. The third-order valence-corrected chi connectivity index (χ3v) is 27.9. The number of nitrogens with one attached hydrogen (secondary N) is 4. The summed E-state index contributed by atoms with van der Waals surface area (Å²) < 4.78 is 132. The van der Waals surface area contributed by atoms with Gasteiger partial charge in [0.15, 0.2) is 0 Å². The fourth-order valence-corrected chi connectivity index (χ4v) is 21.3. The van der Waals surface area contributed by atoms with Crippen molar-refractivity contribution >= 4 is 74.8 Å². The van der Waals surface area contributed by atoms with Crippen LogP contribution >= 0.6 is 0 Å². The average Bonchev–Trinajstić information content (AvgIpc) is 1.63. The molecule has 22 nitrogen and oxygen atoms in total. The summed E-state index contributed by atoms with van der Waals surface area (Å²) in [4.78, 5) is 24.3. The molecule has 4 atom stereocenters. The van der Waals surface area contributed by atoms with Crippen molar-refractivity contribution in [1.29, 1.82) is 0 Å². The van der Waals surface area contributed by atoms with Crippen molar-refractivity contribution in [1.82, 2.24) is 21.3 Å². The highest BCUT2D eigenvalue weighted by Gasteiger charge is 2.40. The lowest BCUT2D eigenvalue weighted by atomic mass is 9.96. The van der Waals surface area contributed by atoms with Crippen LogP contribution in [0.5, 0.6) is 0 Å². The molecule has 0 aliphatic carbocycles. The Morgan fingerprint density at radius 2 is 0.625 bits per heavy atom. The molecule has 4 heterocycles. The standard InChI is InChI=1S/2C24H32N2O4S.2C19H24N2O3S/c1-4-30-23(27)13-7-5-6-10-16-25-24-19-11-8-9-12-21(19)26(3)31(28,29)22-17-18(2)14-15-20(22)24;1-3-26-21-15-10-8-13-19(21)24(20-14-9-11-16-22(20)31(26,28)29)25-18-12-6-5-7-17-23(27)30-4-2;1-14-9-10-16-18(13-14)25(22,23)21(2)17-8-5-4-7-15(17)19(16)20-11-6-12-24-3;1-3-21-17-11-6-4-9-15(17)19(20-13-8-14-24-2)16-10-5-7-12-18(16)25(21,22)23/h8-9,11-12,14-15,17,24-25H,4-7,10,13,16H2,1-3H3;8-11,13-16,24-25H,3-7,12,17-18H2,1-2H3;4-5,7-10,13,19-20H,6,11-12H2,1-3H3;4-7,9-12,19-20H,3,8,13-14H2,1-2H3. The van der Waals surface area contributed by atoms with Crippen molar-refractivity contribution < 1.29 is 62.2 Å². The monoisotopic (exact) mass is 1610 g/mol. The molecule has 4 unspecified atom stereocenters. The first-order valence-corrected chi connectivity index (χ1v) is 44.7. The number of para-hydroxylation sites is 4. The number of anilines is 4. The maximum absolute atomic E-state index is 13.4. The van der Waals surface area contributed by atoms with Crippen molar-refractivity contribution in [3.63, 3.8) is 0 Å². The normalized spacial score (nSPS) is 17.5. The fraction of sp³-hybridized carbons (Fsp3) is 0.419. The summed E-state index contributed by atoms with van der Waals surface area (Å²) in [6.07, 6.45) is 10.2. The van der Waals surface area contributed by atoms with Crippen LogP contribution in [0.4, 0.5) is 22.7 Å². The van der Waals surface area contributed by atoms with Gasteiger partial charge in [-0.2, -0.15) is 0 Å². The zero-order valence-electron chi connectivity index (χ0n) is 66.3. The molecule has 4 aliphatic rings. The van der Waals surface area contributed by atoms with E-state index in [4.69, 9.17) is 18.9 Å². The second-order valence-corrected chi connectivity index (χ2v) is 35.4. The van der Waals surface area contributed by atoms with Crippen LogP contribution in [0.3, 0.4) is 0 Å². The van der Waals surface area contributed by atoms with Crippen molar-refractivity contribution in [2.45, 2.75) is 162 Å². The summed E-state index contributed by atoms with van der Waals surface area (Å²) in [5.74, 6) is -0.262. The molecule has 8 aromatic carbocycles. The first-order chi connectivity index (χ1) is 53.9. The number of aryl methyl sites for hydroxylation is 2. The van der Waals surface area contributed by atoms with Crippen LogP contribution in [0.2, 0.25) is 0 Å². The minimum absolute atomic E-state index is 0.131. The molecule has 0 bridgehead atoms. The lowest BCUT2D eigenvalue weighted by molar-refractivity contribution is -0.144. The van der Waals surface area contributed by atoms with Crippen LogP contribution in [0.25, 0.3) is 0 Å². The Kier molecular flexibility index (Phi) is 32.4. The van der Waals surface area contributed by atoms with Gasteiger partial charge in [-0.05, 0) is 210 Å². The Balaban J connectivity index is 0.000000172. The molecular formula is C86H112N8O14S4. The molecule has 4 aliphatic heterocycles. The van der Waals surface area contributed by atoms with Crippen LogP contribution in [-0.2, 0) is 68.6 Å². The van der Waals surface area contributed by atoms with Gasteiger partial charge in [0.25, 0.3) is 40.1 Å². The third-order valence-electron chi connectivity index (χ3n) is 20.3. The number of rotatable bonds is 30. The maximum atomic E-state index is 13.4. The van der Waals surface area contributed by atoms with Gasteiger partial charge in [0, 0.05) is 67.5 Å². The number of fused-ring (bicyclic) bond motifs is 8. The largest absolute Gasteiger partial charge is 0.466 e. The van der Waals surface area contributed by atoms with Crippen molar-refractivity contribution in [2.75, 3.05) is 111 Å². The number of hydrogen-bond donors (Lipinski definition) is 4. The van der Waals surface area contributed by atoms with Crippen LogP contribution in [0.15, 0.2) is 202 Å². The van der Waals surface area contributed by atoms with Gasteiger partial charge >= 0.3 is 11.9 Å². The van der Waals surface area contributed by atoms with Gasteiger partial charge in [-0.1, -0.05) is 159 Å². The van der Waals surface area contributed by atoms with E-state index in [1.54, 1.807) is 64.7 Å². The Morgan fingerprint density at radius 1 is 0.339 bits per heavy atom. The predicted octanol–water partition coefficient (Wildman–Crippen LogP) is 14.5. The van der Waals surface area contributed by atoms with E-state index in [2.05, 4.69) is 21.3 Å². The average molecular weight is 1610 g/mol. The van der Waals surface area contributed by atoms with Gasteiger partial charge in [0.1, 0.15) is 0 Å². The summed E-state index contributed by atoms with van der Waals surface area (Å²) in [6.45, 7) is 17.1. The molecule has 112 heavy (non-hydrogen) atoms. The molecule has 0 saturated carbocycles. The van der Waals surface area contributed by atoms with Crippen molar-refractivity contribution in [3.05, 3.63) is 238 Å². The Labute approximate surface area is 665 Å². The van der Waals surface area contributed by atoms with Gasteiger partial charge in [-0.15, -0.1) is 0 Å². The fourth-order valence-electron chi connectivity index (χ4n) is 14.7. The maximum Gasteiger partial charge on any atom is 0.305 e. The molecule has 4 N–H and O–H groups in total. The van der Waals surface area contributed by atoms with Crippen LogP contribution in [0, 0.1) is 13.8 Å². The molecule has 12 rings (SSSR count). The summed E-state index contributed by atoms with van der Waals surface area (Å²) in [5.41, 5.74) is 11.8. The van der Waals surface area contributed by atoms with E-state index in [1.165, 1.54) is 17.2 Å². The van der Waals surface area contributed by atoms with E-state index in [0.717, 1.165) is 157 Å². The highest BCUT2D eigenvalue weighted by molar-refractivity contribution is 7.93. The molecule has 604 valence electrons. The number of carbonyl (C=O) groups excluding carboxylic acids is 2. The summed E-state index contributed by atoms with van der Waals surface area (Å²) >= 11 is 0. The first kappa shape index (κ1) is 87.4. The molecule has 0 spiro atoms. The Bertz CT molecular complexity index is 4930. The van der Waals surface area contributed by atoms with Crippen LogP contribution in [0.1, 0.15) is 185 Å². The smallest absolute Gasteiger partial charge is 0.305 e. The van der Waals surface area contributed by atoms with E-state index in [9.17, 15) is 43.3 Å². The van der Waals surface area contributed by atoms with E-state index in [1.807, 2.05) is 187 Å². The number of hydrogen-bond acceptors (Lipinski definition) is 18. The van der Waals surface area contributed by atoms with Gasteiger partial charge in [-0.3, -0.25) is 26.8 Å². The number of ether oxygens (including phenoxy) is 4. The molecule has 0 fully saturated rings. The van der Waals surface area contributed by atoms with Gasteiger partial charge < -0.3 is 40.2 Å². The van der Waals surface area contributed by atoms with Gasteiger partial charge in [0.2, 0.25) is 0 Å². The molecule has 0 amide bonds. The van der Waals surface area contributed by atoms with E-state index < -0.39 is 40.1 Å². The Morgan fingerprint density at radius 3 is 0.955 bits per heavy atom. The summed E-state index contributed by atoms with van der Waals surface area (Å²) in [7, 11) is -7.83. The minimum Gasteiger partial charge on any atom is -0.466 e. The summed E-state index contributed by atoms with van der Waals surface area (Å²) in [6, 6.07) is 55.9. The van der Waals surface area contributed by atoms with Gasteiger partial charge in [-0.25, -0.2) is 33.7 Å². The number of esters is 2. The summed E-state index contributed by atoms with van der Waals surface area (Å²) in [5, 5.41) is 14.2. The SMILES string of the molecule is CCN1c2ccccc2C(NCCCOC)c2ccccc2S1(=O)=O.CCOC(=O)CCCCCCNC1c2ccccc2N(C)S(=O)(=O)c2cc(C)ccc21.CCOC(=O)CCCCCCNC1c2ccccc2N(CC)S(=O)(=O)c2ccccc21.COCCCNC1c2ccccc2N(C)S(=O)(=O)c2cc(C)ccc21. The molecule has 8 aromatic rings. The molecule has 26 heteroatoms. The van der Waals surface area contributed by atoms with E-state index in [0.29, 0.717) is 83.3 Å². The quantitative estimate of drug-likeness (QED) is 0.0241. The molecule has 0 saturated heterocycles. The molecule has 0 radical (unpaired) electrons. The highest BCUT2D eigenvalue weighted by Crippen LogP contribution is 2.45. The predicted molar refractivity (Wildman–Crippen MR) is 444 cm³/mol. The zero-order valence-corrected chi connectivity index (χ0v) is 69.6. The van der Waals surface area contributed by atoms with Gasteiger partial charge in [0.05, 0.1) is 79.7 Å². The lowest BCUT2D eigenvalue weighted by Gasteiger charge is -2.24. The van der Waals surface area contributed by atoms with E-state index >= 15 is 0 Å². The number of carbonyl (C=O) groups is 2. The second kappa shape index (κ2) is 41.5. The number of unbranched alkanes of at least 4 members (excludes halogenated alkanes) is 6. The lowest BCUT2D eigenvalue weighted by Crippen LogP contribution is -2.30. The molecular weight excluding hydrogens is 1500 g/mol. The zero-order chi connectivity index (χ0) is 80.6. The number of methoxy groups -OCH3 is 2. The minimum atomic E-state index is -3.63. The Hall–Kier alpha value is -8.54. The van der Waals surface area contributed by atoms with Crippen molar-refractivity contribution in [3.8, 4) is 0 Å². The topological polar surface area (TPSA) is 269 Å². The molecule has 0 aromatic heterocycles. The number of sulfonamides is 4.